The van der Waals surface area contributed by atoms with Crippen molar-refractivity contribution in [3.63, 3.8) is 0 Å². The molecule has 3 atom stereocenters. The molecule has 0 aromatic heterocycles. The van der Waals surface area contributed by atoms with Crippen LogP contribution in [0, 0.1) is 0 Å². The minimum Gasteiger partial charge on any atom is -0.382 e. The predicted molar refractivity (Wildman–Crippen MR) is 43.2 cm³/mol. The standard InChI is InChI=1S/C8H16O4/c1-9-4-7-8(11-3)6(10-2)5-12-7/h6-8H,4-5H2,1-3H3/t6-,7-,8?/m1/s1. The molecular weight excluding hydrogens is 160 g/mol. The van der Waals surface area contributed by atoms with E-state index in [1.54, 1.807) is 21.3 Å². The third-order valence-electron chi connectivity index (χ3n) is 2.11. The maximum Gasteiger partial charge on any atom is 0.114 e. The van der Waals surface area contributed by atoms with Gasteiger partial charge in [0.25, 0.3) is 0 Å². The summed E-state index contributed by atoms with van der Waals surface area (Å²) in [5.41, 5.74) is 0. The van der Waals surface area contributed by atoms with Crippen LogP contribution in [0.4, 0.5) is 0 Å². The van der Waals surface area contributed by atoms with Gasteiger partial charge in [-0.3, -0.25) is 0 Å². The Morgan fingerprint density at radius 1 is 1.25 bits per heavy atom. The van der Waals surface area contributed by atoms with Crippen LogP contribution in [0.25, 0.3) is 0 Å². The van der Waals surface area contributed by atoms with E-state index in [0.29, 0.717) is 13.2 Å². The van der Waals surface area contributed by atoms with Crippen LogP contribution in [-0.2, 0) is 18.9 Å². The van der Waals surface area contributed by atoms with E-state index in [1.165, 1.54) is 0 Å². The molecule has 0 aromatic carbocycles. The van der Waals surface area contributed by atoms with Gasteiger partial charge in [-0.2, -0.15) is 0 Å². The summed E-state index contributed by atoms with van der Waals surface area (Å²) in [6.07, 6.45) is 0.0371. The Morgan fingerprint density at radius 2 is 2.00 bits per heavy atom. The van der Waals surface area contributed by atoms with Gasteiger partial charge in [-0.15, -0.1) is 0 Å². The van der Waals surface area contributed by atoms with Crippen molar-refractivity contribution in [3.8, 4) is 0 Å². The number of hydrogen-bond donors (Lipinski definition) is 0. The van der Waals surface area contributed by atoms with Crippen molar-refractivity contribution in [2.75, 3.05) is 34.5 Å². The first-order valence-corrected chi connectivity index (χ1v) is 3.99. The molecule has 12 heavy (non-hydrogen) atoms. The van der Waals surface area contributed by atoms with Crippen molar-refractivity contribution in [2.45, 2.75) is 18.3 Å². The molecule has 1 fully saturated rings. The average molecular weight is 176 g/mol. The van der Waals surface area contributed by atoms with Crippen molar-refractivity contribution in [1.29, 1.82) is 0 Å². The minimum absolute atomic E-state index is 0.00458. The highest BCUT2D eigenvalue weighted by atomic mass is 16.6. The van der Waals surface area contributed by atoms with E-state index in [0.717, 1.165) is 0 Å². The predicted octanol–water partition coefficient (Wildman–Crippen LogP) is 0.0616. The van der Waals surface area contributed by atoms with Gasteiger partial charge in [0.05, 0.1) is 13.2 Å². The van der Waals surface area contributed by atoms with Gasteiger partial charge >= 0.3 is 0 Å². The highest BCUT2D eigenvalue weighted by Gasteiger charge is 2.37. The lowest BCUT2D eigenvalue weighted by Crippen LogP contribution is -2.35. The maximum absolute atomic E-state index is 5.43. The first-order chi connectivity index (χ1) is 5.83. The minimum atomic E-state index is -0.00468. The molecule has 1 aliphatic heterocycles. The summed E-state index contributed by atoms with van der Waals surface area (Å²) in [6, 6.07) is 0. The molecule has 1 rings (SSSR count). The van der Waals surface area contributed by atoms with E-state index >= 15 is 0 Å². The fourth-order valence-corrected chi connectivity index (χ4v) is 1.46. The molecule has 0 radical (unpaired) electrons. The van der Waals surface area contributed by atoms with Crippen LogP contribution in [-0.4, -0.2) is 52.9 Å². The monoisotopic (exact) mass is 176 g/mol. The summed E-state index contributed by atoms with van der Waals surface area (Å²) in [5.74, 6) is 0. The molecule has 1 heterocycles. The van der Waals surface area contributed by atoms with E-state index in [-0.39, 0.29) is 18.3 Å². The SMILES string of the molecule is COC[C@H]1OC[C@@H](OC)C1OC. The van der Waals surface area contributed by atoms with Crippen molar-refractivity contribution < 1.29 is 18.9 Å². The van der Waals surface area contributed by atoms with Gasteiger partial charge in [-0.05, 0) is 0 Å². The number of ether oxygens (including phenoxy) is 4. The Bertz CT molecular complexity index is 128. The third-order valence-corrected chi connectivity index (χ3v) is 2.11. The molecule has 72 valence electrons. The molecule has 0 aromatic rings. The molecule has 0 amide bonds. The third kappa shape index (κ3) is 1.95. The summed E-state index contributed by atoms with van der Waals surface area (Å²) < 4.78 is 20.9. The molecule has 0 N–H and O–H groups in total. The van der Waals surface area contributed by atoms with Crippen LogP contribution < -0.4 is 0 Å². The van der Waals surface area contributed by atoms with Crippen LogP contribution in [0.3, 0.4) is 0 Å². The zero-order valence-corrected chi connectivity index (χ0v) is 7.78. The maximum atomic E-state index is 5.43. The van der Waals surface area contributed by atoms with Gasteiger partial charge in [-0.1, -0.05) is 0 Å². The van der Waals surface area contributed by atoms with E-state index in [9.17, 15) is 0 Å². The van der Waals surface area contributed by atoms with E-state index in [4.69, 9.17) is 18.9 Å². The zero-order chi connectivity index (χ0) is 8.97. The number of rotatable bonds is 4. The Kier molecular flexibility index (Phi) is 3.94. The molecule has 1 saturated heterocycles. The second kappa shape index (κ2) is 4.77. The molecule has 0 aliphatic carbocycles. The van der Waals surface area contributed by atoms with Crippen molar-refractivity contribution in [1.82, 2.24) is 0 Å². The molecule has 4 heteroatoms. The topological polar surface area (TPSA) is 36.9 Å². The Balaban J connectivity index is 2.44. The summed E-state index contributed by atoms with van der Waals surface area (Å²) >= 11 is 0. The summed E-state index contributed by atoms with van der Waals surface area (Å²) in [7, 11) is 4.97. The Labute approximate surface area is 72.7 Å². The summed E-state index contributed by atoms with van der Waals surface area (Å²) in [4.78, 5) is 0. The van der Waals surface area contributed by atoms with E-state index in [1.807, 2.05) is 0 Å². The highest BCUT2D eigenvalue weighted by molar-refractivity contribution is 4.85. The van der Waals surface area contributed by atoms with Crippen LogP contribution in [0.15, 0.2) is 0 Å². The summed E-state index contributed by atoms with van der Waals surface area (Å²) in [6.45, 7) is 1.14. The second-order valence-electron chi connectivity index (χ2n) is 2.80. The zero-order valence-electron chi connectivity index (χ0n) is 7.78. The lowest BCUT2D eigenvalue weighted by Gasteiger charge is -2.19. The van der Waals surface area contributed by atoms with Gasteiger partial charge < -0.3 is 18.9 Å². The number of methoxy groups -OCH3 is 3. The van der Waals surface area contributed by atoms with Crippen molar-refractivity contribution in [2.24, 2.45) is 0 Å². The average Bonchev–Trinajstić information content (AvgIpc) is 2.47. The molecule has 1 aliphatic rings. The van der Waals surface area contributed by atoms with Crippen molar-refractivity contribution >= 4 is 0 Å². The van der Waals surface area contributed by atoms with Crippen LogP contribution >= 0.6 is 0 Å². The van der Waals surface area contributed by atoms with Gasteiger partial charge in [0.15, 0.2) is 0 Å². The fraction of sp³-hybridized carbons (Fsp3) is 1.00. The first kappa shape index (κ1) is 9.92. The van der Waals surface area contributed by atoms with E-state index in [2.05, 4.69) is 0 Å². The van der Waals surface area contributed by atoms with E-state index < -0.39 is 0 Å². The van der Waals surface area contributed by atoms with Crippen LogP contribution in [0.2, 0.25) is 0 Å². The lowest BCUT2D eigenvalue weighted by molar-refractivity contribution is -0.0461. The largest absolute Gasteiger partial charge is 0.382 e. The number of hydrogen-bond acceptors (Lipinski definition) is 4. The Morgan fingerprint density at radius 3 is 2.50 bits per heavy atom. The molecule has 0 bridgehead atoms. The smallest absolute Gasteiger partial charge is 0.114 e. The molecule has 0 saturated carbocycles. The lowest BCUT2D eigenvalue weighted by atomic mass is 10.1. The van der Waals surface area contributed by atoms with Crippen LogP contribution in [0.1, 0.15) is 0 Å². The van der Waals surface area contributed by atoms with Crippen molar-refractivity contribution in [3.05, 3.63) is 0 Å². The van der Waals surface area contributed by atoms with Gasteiger partial charge in [0, 0.05) is 21.3 Å². The molecule has 4 nitrogen and oxygen atoms in total. The first-order valence-electron chi connectivity index (χ1n) is 3.99. The molecular formula is C8H16O4. The fourth-order valence-electron chi connectivity index (χ4n) is 1.46. The summed E-state index contributed by atoms with van der Waals surface area (Å²) in [5, 5.41) is 0. The molecule has 0 spiro atoms. The quantitative estimate of drug-likeness (QED) is 0.607. The normalized spacial score (nSPS) is 35.8. The highest BCUT2D eigenvalue weighted by Crippen LogP contribution is 2.19. The van der Waals surface area contributed by atoms with Gasteiger partial charge in [0.2, 0.25) is 0 Å². The van der Waals surface area contributed by atoms with Gasteiger partial charge in [-0.25, -0.2) is 0 Å². The Hall–Kier alpha value is -0.160. The second-order valence-corrected chi connectivity index (χ2v) is 2.80. The van der Waals surface area contributed by atoms with Gasteiger partial charge in [0.1, 0.15) is 18.3 Å². The van der Waals surface area contributed by atoms with Crippen LogP contribution in [0.5, 0.6) is 0 Å². The molecule has 1 unspecified atom stereocenters.